The van der Waals surface area contributed by atoms with Crippen molar-refractivity contribution in [2.45, 2.75) is 13.5 Å². The molecule has 0 radical (unpaired) electrons. The van der Waals surface area contributed by atoms with Gasteiger partial charge in [0.1, 0.15) is 11.3 Å². The number of pyridine rings is 1. The lowest BCUT2D eigenvalue weighted by Crippen LogP contribution is -2.28. The number of aromatic nitrogens is 1. The van der Waals surface area contributed by atoms with Crippen LogP contribution in [0.25, 0.3) is 0 Å². The van der Waals surface area contributed by atoms with Gasteiger partial charge in [-0.3, -0.25) is 4.79 Å². The van der Waals surface area contributed by atoms with E-state index in [1.165, 1.54) is 12.3 Å². The molecular weight excluding hydrogens is 324 g/mol. The SMILES string of the molecule is CCOc1ncccc1C(=O)OCC(=O)NCc1ccc(OC)cc1. The molecule has 1 amide bonds. The van der Waals surface area contributed by atoms with Crippen molar-refractivity contribution in [3.05, 3.63) is 53.7 Å². The molecule has 1 heterocycles. The first kappa shape index (κ1) is 18.3. The summed E-state index contributed by atoms with van der Waals surface area (Å²) in [5.74, 6) is -0.124. The van der Waals surface area contributed by atoms with E-state index in [1.807, 2.05) is 12.1 Å². The first-order valence-corrected chi connectivity index (χ1v) is 7.78. The molecule has 7 heteroatoms. The summed E-state index contributed by atoms with van der Waals surface area (Å²) in [6.07, 6.45) is 1.52. The molecule has 2 rings (SSSR count). The Balaban J connectivity index is 1.82. The van der Waals surface area contributed by atoms with Gasteiger partial charge in [0.2, 0.25) is 5.88 Å². The number of ether oxygens (including phenoxy) is 3. The number of nitrogens with one attached hydrogen (secondary N) is 1. The molecule has 0 aliphatic carbocycles. The lowest BCUT2D eigenvalue weighted by Gasteiger charge is -2.09. The Labute approximate surface area is 145 Å². The normalized spacial score (nSPS) is 10.0. The second-order valence-corrected chi connectivity index (χ2v) is 4.99. The van der Waals surface area contributed by atoms with Gasteiger partial charge in [-0.05, 0) is 36.8 Å². The smallest absolute Gasteiger partial charge is 0.344 e. The Kier molecular flexibility index (Phi) is 6.76. The maximum Gasteiger partial charge on any atom is 0.344 e. The van der Waals surface area contributed by atoms with Gasteiger partial charge in [0.15, 0.2) is 6.61 Å². The average Bonchev–Trinajstić information content (AvgIpc) is 2.65. The summed E-state index contributed by atoms with van der Waals surface area (Å²) in [5.41, 5.74) is 1.10. The molecule has 0 saturated carbocycles. The zero-order valence-electron chi connectivity index (χ0n) is 14.2. The Bertz CT molecular complexity index is 716. The lowest BCUT2D eigenvalue weighted by atomic mass is 10.2. The standard InChI is InChI=1S/C18H20N2O5/c1-3-24-17-15(5-4-10-19-17)18(22)25-12-16(21)20-11-13-6-8-14(23-2)9-7-13/h4-10H,3,11-12H2,1-2H3,(H,20,21). The van der Waals surface area contributed by atoms with E-state index < -0.39 is 11.9 Å². The molecule has 132 valence electrons. The first-order chi connectivity index (χ1) is 12.1. The third kappa shape index (κ3) is 5.49. The molecule has 0 unspecified atom stereocenters. The van der Waals surface area contributed by atoms with Crippen molar-refractivity contribution in [2.75, 3.05) is 20.3 Å². The largest absolute Gasteiger partial charge is 0.497 e. The van der Waals surface area contributed by atoms with Gasteiger partial charge >= 0.3 is 5.97 Å². The van der Waals surface area contributed by atoms with Gasteiger partial charge in [0.05, 0.1) is 13.7 Å². The minimum atomic E-state index is -0.656. The third-order valence-corrected chi connectivity index (χ3v) is 3.26. The number of benzene rings is 1. The summed E-state index contributed by atoms with van der Waals surface area (Å²) in [4.78, 5) is 27.9. The lowest BCUT2D eigenvalue weighted by molar-refractivity contribution is -0.124. The number of amides is 1. The Morgan fingerprint density at radius 3 is 2.60 bits per heavy atom. The van der Waals surface area contributed by atoms with Crippen LogP contribution in [-0.4, -0.2) is 37.2 Å². The van der Waals surface area contributed by atoms with E-state index >= 15 is 0 Å². The predicted octanol–water partition coefficient (Wildman–Crippen LogP) is 1.96. The number of carbonyl (C=O) groups excluding carboxylic acids is 2. The monoisotopic (exact) mass is 344 g/mol. The molecule has 0 bridgehead atoms. The summed E-state index contributed by atoms with van der Waals surface area (Å²) in [7, 11) is 1.59. The quantitative estimate of drug-likeness (QED) is 0.737. The summed E-state index contributed by atoms with van der Waals surface area (Å²) in [6.45, 7) is 2.11. The highest BCUT2D eigenvalue weighted by molar-refractivity contribution is 5.93. The maximum atomic E-state index is 12.1. The molecule has 0 fully saturated rings. The van der Waals surface area contributed by atoms with Gasteiger partial charge in [0, 0.05) is 12.7 Å². The van der Waals surface area contributed by atoms with Gasteiger partial charge in [-0.1, -0.05) is 12.1 Å². The summed E-state index contributed by atoms with van der Waals surface area (Å²) < 4.78 is 15.3. The Morgan fingerprint density at radius 2 is 1.92 bits per heavy atom. The summed E-state index contributed by atoms with van der Waals surface area (Å²) in [5, 5.41) is 2.68. The minimum Gasteiger partial charge on any atom is -0.497 e. The number of nitrogens with zero attached hydrogens (tertiary/aromatic N) is 1. The van der Waals surface area contributed by atoms with Crippen molar-refractivity contribution in [3.8, 4) is 11.6 Å². The van der Waals surface area contributed by atoms with Crippen LogP contribution < -0.4 is 14.8 Å². The molecule has 25 heavy (non-hydrogen) atoms. The number of hydrogen-bond donors (Lipinski definition) is 1. The van der Waals surface area contributed by atoms with Crippen LogP contribution in [0.1, 0.15) is 22.8 Å². The second-order valence-electron chi connectivity index (χ2n) is 4.99. The molecule has 2 aromatic rings. The van der Waals surface area contributed by atoms with Crippen LogP contribution in [0.5, 0.6) is 11.6 Å². The highest BCUT2D eigenvalue weighted by Crippen LogP contribution is 2.15. The fourth-order valence-electron chi connectivity index (χ4n) is 2.00. The van der Waals surface area contributed by atoms with Crippen LogP contribution in [0, 0.1) is 0 Å². The Morgan fingerprint density at radius 1 is 1.16 bits per heavy atom. The molecule has 1 N–H and O–H groups in total. The van der Waals surface area contributed by atoms with Gasteiger partial charge in [0.25, 0.3) is 5.91 Å². The zero-order chi connectivity index (χ0) is 18.1. The van der Waals surface area contributed by atoms with Crippen molar-refractivity contribution >= 4 is 11.9 Å². The van der Waals surface area contributed by atoms with Crippen molar-refractivity contribution in [1.29, 1.82) is 0 Å². The molecular formula is C18H20N2O5. The minimum absolute atomic E-state index is 0.187. The van der Waals surface area contributed by atoms with Crippen LogP contribution in [0.4, 0.5) is 0 Å². The number of rotatable bonds is 8. The fourth-order valence-corrected chi connectivity index (χ4v) is 2.00. The molecule has 1 aromatic heterocycles. The number of esters is 1. The van der Waals surface area contributed by atoms with E-state index in [-0.39, 0.29) is 18.1 Å². The summed E-state index contributed by atoms with van der Waals surface area (Å²) >= 11 is 0. The highest BCUT2D eigenvalue weighted by Gasteiger charge is 2.16. The summed E-state index contributed by atoms with van der Waals surface area (Å²) in [6, 6.07) is 10.4. The van der Waals surface area contributed by atoms with Crippen LogP contribution >= 0.6 is 0 Å². The molecule has 0 aliphatic heterocycles. The second kappa shape index (κ2) is 9.27. The molecule has 7 nitrogen and oxygen atoms in total. The van der Waals surface area contributed by atoms with E-state index in [1.54, 1.807) is 32.2 Å². The number of methoxy groups -OCH3 is 1. The van der Waals surface area contributed by atoms with E-state index in [2.05, 4.69) is 10.3 Å². The van der Waals surface area contributed by atoms with Crippen molar-refractivity contribution in [1.82, 2.24) is 10.3 Å². The zero-order valence-corrected chi connectivity index (χ0v) is 14.2. The Hall–Kier alpha value is -3.09. The van der Waals surface area contributed by atoms with Gasteiger partial charge in [-0.15, -0.1) is 0 Å². The van der Waals surface area contributed by atoms with Crippen molar-refractivity contribution in [3.63, 3.8) is 0 Å². The first-order valence-electron chi connectivity index (χ1n) is 7.78. The van der Waals surface area contributed by atoms with Crippen LogP contribution in [0.2, 0.25) is 0 Å². The van der Waals surface area contributed by atoms with E-state index in [0.29, 0.717) is 13.2 Å². The fraction of sp³-hybridized carbons (Fsp3) is 0.278. The third-order valence-electron chi connectivity index (χ3n) is 3.26. The molecule has 0 spiro atoms. The van der Waals surface area contributed by atoms with Crippen molar-refractivity contribution < 1.29 is 23.8 Å². The van der Waals surface area contributed by atoms with Gasteiger partial charge in [-0.2, -0.15) is 0 Å². The van der Waals surface area contributed by atoms with Gasteiger partial charge in [-0.25, -0.2) is 9.78 Å². The van der Waals surface area contributed by atoms with Crippen molar-refractivity contribution in [2.24, 2.45) is 0 Å². The van der Waals surface area contributed by atoms with Crippen LogP contribution in [0.15, 0.2) is 42.6 Å². The molecule has 0 atom stereocenters. The molecule has 0 saturated heterocycles. The number of carbonyl (C=O) groups is 2. The van der Waals surface area contributed by atoms with E-state index in [9.17, 15) is 9.59 Å². The topological polar surface area (TPSA) is 86.8 Å². The van der Waals surface area contributed by atoms with Crippen LogP contribution in [-0.2, 0) is 16.1 Å². The highest BCUT2D eigenvalue weighted by atomic mass is 16.5. The molecule has 0 aliphatic rings. The number of hydrogen-bond acceptors (Lipinski definition) is 6. The average molecular weight is 344 g/mol. The van der Waals surface area contributed by atoms with Crippen LogP contribution in [0.3, 0.4) is 0 Å². The predicted molar refractivity (Wildman–Crippen MR) is 90.5 cm³/mol. The molecule has 1 aromatic carbocycles. The maximum absolute atomic E-state index is 12.1. The van der Waals surface area contributed by atoms with Gasteiger partial charge < -0.3 is 19.5 Å². The van der Waals surface area contributed by atoms with E-state index in [0.717, 1.165) is 11.3 Å². The van der Waals surface area contributed by atoms with E-state index in [4.69, 9.17) is 14.2 Å².